The highest BCUT2D eigenvalue weighted by Crippen LogP contribution is 2.50. The number of amides is 1. The summed E-state index contributed by atoms with van der Waals surface area (Å²) in [6, 6.07) is 10.4. The third-order valence-electron chi connectivity index (χ3n) is 5.34. The van der Waals surface area contributed by atoms with E-state index in [1.54, 1.807) is 0 Å². The van der Waals surface area contributed by atoms with Gasteiger partial charge >= 0.3 is 6.09 Å². The van der Waals surface area contributed by atoms with Crippen molar-refractivity contribution in [2.24, 2.45) is 11.3 Å². The second-order valence-electron chi connectivity index (χ2n) is 6.59. The van der Waals surface area contributed by atoms with Crippen LogP contribution in [0.5, 0.6) is 0 Å². The zero-order chi connectivity index (χ0) is 14.9. The lowest BCUT2D eigenvalue weighted by Crippen LogP contribution is -2.38. The van der Waals surface area contributed by atoms with Crippen molar-refractivity contribution in [2.75, 3.05) is 13.1 Å². The highest BCUT2D eigenvalue weighted by molar-refractivity contribution is 5.65. The molecule has 1 amide bonds. The van der Waals surface area contributed by atoms with Crippen molar-refractivity contribution >= 4 is 6.09 Å². The number of likely N-dealkylation sites (tertiary alicyclic amines) is 1. The number of aliphatic hydroxyl groups excluding tert-OH is 1. The molecule has 2 unspecified atom stereocenters. The van der Waals surface area contributed by atoms with E-state index in [0.717, 1.165) is 19.3 Å². The van der Waals surface area contributed by atoms with Crippen molar-refractivity contribution < 1.29 is 15.0 Å². The lowest BCUT2D eigenvalue weighted by Gasteiger charge is -2.37. The first kappa shape index (κ1) is 14.4. The molecule has 1 heterocycles. The van der Waals surface area contributed by atoms with Crippen LogP contribution in [0.25, 0.3) is 0 Å². The Kier molecular flexibility index (Phi) is 3.89. The van der Waals surface area contributed by atoms with Crippen LogP contribution in [-0.2, 0) is 6.42 Å². The van der Waals surface area contributed by atoms with Crippen LogP contribution in [0.15, 0.2) is 30.3 Å². The van der Waals surface area contributed by atoms with Crippen molar-refractivity contribution in [1.29, 1.82) is 0 Å². The number of benzene rings is 1. The molecule has 2 atom stereocenters. The third kappa shape index (κ3) is 2.77. The highest BCUT2D eigenvalue weighted by Gasteiger charge is 2.49. The minimum atomic E-state index is -0.913. The van der Waals surface area contributed by atoms with E-state index >= 15 is 0 Å². The first-order chi connectivity index (χ1) is 10.1. The summed E-state index contributed by atoms with van der Waals surface area (Å²) in [5.74, 6) is 0.0660. The first-order valence-electron chi connectivity index (χ1n) is 7.81. The lowest BCUT2D eigenvalue weighted by atomic mass is 9.68. The Bertz CT molecular complexity index is 496. The monoisotopic (exact) mass is 289 g/mol. The number of hydrogen-bond acceptors (Lipinski definition) is 2. The zero-order valence-corrected chi connectivity index (χ0v) is 12.2. The molecular formula is C17H23NO3. The molecule has 1 aliphatic carbocycles. The minimum absolute atomic E-state index is 0.0605. The Morgan fingerprint density at radius 2 is 1.86 bits per heavy atom. The maximum atomic E-state index is 11.2. The topological polar surface area (TPSA) is 60.8 Å². The van der Waals surface area contributed by atoms with E-state index in [-0.39, 0.29) is 17.9 Å². The predicted molar refractivity (Wildman–Crippen MR) is 80.1 cm³/mol. The van der Waals surface area contributed by atoms with Crippen molar-refractivity contribution in [3.05, 3.63) is 35.9 Å². The summed E-state index contributed by atoms with van der Waals surface area (Å²) in [4.78, 5) is 12.6. The molecule has 2 fully saturated rings. The average Bonchev–Trinajstić information content (AvgIpc) is 3.07. The van der Waals surface area contributed by atoms with Gasteiger partial charge in [0.15, 0.2) is 0 Å². The Morgan fingerprint density at radius 3 is 2.43 bits per heavy atom. The van der Waals surface area contributed by atoms with Gasteiger partial charge in [0, 0.05) is 12.5 Å². The van der Waals surface area contributed by atoms with E-state index in [4.69, 9.17) is 0 Å². The molecule has 1 aliphatic heterocycles. The van der Waals surface area contributed by atoms with Crippen LogP contribution < -0.4 is 0 Å². The fourth-order valence-corrected chi connectivity index (χ4v) is 4.30. The summed E-state index contributed by atoms with van der Waals surface area (Å²) in [5.41, 5.74) is 1.35. The molecule has 4 heteroatoms. The average molecular weight is 289 g/mol. The molecule has 1 saturated carbocycles. The van der Waals surface area contributed by atoms with E-state index in [1.807, 2.05) is 18.2 Å². The van der Waals surface area contributed by atoms with Crippen LogP contribution in [-0.4, -0.2) is 40.4 Å². The molecule has 3 rings (SSSR count). The summed E-state index contributed by atoms with van der Waals surface area (Å²) >= 11 is 0. The highest BCUT2D eigenvalue weighted by atomic mass is 16.4. The van der Waals surface area contributed by atoms with E-state index in [9.17, 15) is 15.0 Å². The van der Waals surface area contributed by atoms with Crippen LogP contribution in [0.2, 0.25) is 0 Å². The number of rotatable bonds is 3. The number of aliphatic hydroxyl groups is 1. The van der Waals surface area contributed by atoms with Gasteiger partial charge in [0.2, 0.25) is 0 Å². The van der Waals surface area contributed by atoms with Gasteiger partial charge < -0.3 is 15.1 Å². The molecule has 0 spiro atoms. The number of carboxylic acid groups (broad SMARTS) is 1. The minimum Gasteiger partial charge on any atom is -0.465 e. The molecule has 1 aromatic carbocycles. The van der Waals surface area contributed by atoms with Crippen molar-refractivity contribution in [3.63, 3.8) is 0 Å². The first-order valence-corrected chi connectivity index (χ1v) is 7.81. The fourth-order valence-electron chi connectivity index (χ4n) is 4.30. The van der Waals surface area contributed by atoms with Crippen molar-refractivity contribution in [2.45, 2.75) is 38.2 Å². The van der Waals surface area contributed by atoms with Gasteiger partial charge in [-0.25, -0.2) is 4.79 Å². The molecule has 1 saturated heterocycles. The zero-order valence-electron chi connectivity index (χ0n) is 12.2. The second-order valence-corrected chi connectivity index (χ2v) is 6.59. The summed E-state index contributed by atoms with van der Waals surface area (Å²) < 4.78 is 0. The molecule has 1 aromatic rings. The maximum absolute atomic E-state index is 11.2. The van der Waals surface area contributed by atoms with Crippen molar-refractivity contribution in [1.82, 2.24) is 4.90 Å². The molecule has 21 heavy (non-hydrogen) atoms. The Balaban J connectivity index is 1.82. The predicted octanol–water partition coefficient (Wildman–Crippen LogP) is 2.76. The smallest absolute Gasteiger partial charge is 0.407 e. The molecular weight excluding hydrogens is 266 g/mol. The molecule has 2 N–H and O–H groups in total. The van der Waals surface area contributed by atoms with Crippen molar-refractivity contribution in [3.8, 4) is 0 Å². The van der Waals surface area contributed by atoms with E-state index in [0.29, 0.717) is 6.54 Å². The van der Waals surface area contributed by atoms with Gasteiger partial charge in [0.1, 0.15) is 0 Å². The van der Waals surface area contributed by atoms with Gasteiger partial charge in [-0.15, -0.1) is 0 Å². The molecule has 4 nitrogen and oxygen atoms in total. The van der Waals surface area contributed by atoms with Crippen LogP contribution in [0.4, 0.5) is 4.79 Å². The van der Waals surface area contributed by atoms with Crippen LogP contribution in [0.3, 0.4) is 0 Å². The van der Waals surface area contributed by atoms with E-state index < -0.39 is 12.2 Å². The van der Waals surface area contributed by atoms with Crippen LogP contribution in [0, 0.1) is 11.3 Å². The van der Waals surface area contributed by atoms with Gasteiger partial charge in [-0.2, -0.15) is 0 Å². The maximum Gasteiger partial charge on any atom is 0.407 e. The molecule has 0 aromatic heterocycles. The van der Waals surface area contributed by atoms with E-state index in [1.165, 1.54) is 23.3 Å². The Hall–Kier alpha value is -1.55. The van der Waals surface area contributed by atoms with Gasteiger partial charge in [0.05, 0.1) is 12.6 Å². The molecule has 2 aliphatic rings. The standard InChI is InChI=1S/C17H23NO3/c19-15-12-18(16(20)21)11-14(15)17(8-4-5-9-17)10-13-6-2-1-3-7-13/h1-3,6-7,14-15,19H,4-5,8-12H2,(H,20,21). The normalized spacial score (nSPS) is 28.0. The molecule has 114 valence electrons. The summed E-state index contributed by atoms with van der Waals surface area (Å²) in [5, 5.41) is 19.6. The lowest BCUT2D eigenvalue weighted by molar-refractivity contribution is 0.0540. The third-order valence-corrected chi connectivity index (χ3v) is 5.34. The van der Waals surface area contributed by atoms with Gasteiger partial charge in [-0.1, -0.05) is 43.2 Å². The Labute approximate surface area is 125 Å². The molecule has 0 bridgehead atoms. The van der Waals surface area contributed by atoms with Gasteiger partial charge in [-0.05, 0) is 30.2 Å². The SMILES string of the molecule is O=C(O)N1CC(O)C(C2(Cc3ccccc3)CCCC2)C1. The van der Waals surface area contributed by atoms with Crippen LogP contribution in [0.1, 0.15) is 31.2 Å². The summed E-state index contributed by atoms with van der Waals surface area (Å²) in [7, 11) is 0. The van der Waals surface area contributed by atoms with Crippen LogP contribution >= 0.6 is 0 Å². The second kappa shape index (κ2) is 5.68. The largest absolute Gasteiger partial charge is 0.465 e. The number of nitrogens with zero attached hydrogens (tertiary/aromatic N) is 1. The number of hydrogen-bond donors (Lipinski definition) is 2. The Morgan fingerprint density at radius 1 is 1.19 bits per heavy atom. The van der Waals surface area contributed by atoms with Gasteiger partial charge in [0.25, 0.3) is 0 Å². The van der Waals surface area contributed by atoms with E-state index in [2.05, 4.69) is 12.1 Å². The molecule has 0 radical (unpaired) electrons. The summed E-state index contributed by atoms with van der Waals surface area (Å²) in [6.07, 6.45) is 4.07. The quantitative estimate of drug-likeness (QED) is 0.899. The summed E-state index contributed by atoms with van der Waals surface area (Å²) in [6.45, 7) is 0.736. The fraction of sp³-hybridized carbons (Fsp3) is 0.588. The number of β-amino-alcohol motifs (C(OH)–C–C–N with tert-alkyl or cyclic N) is 1. The number of carbonyl (C=O) groups is 1. The van der Waals surface area contributed by atoms with Gasteiger partial charge in [-0.3, -0.25) is 0 Å².